The van der Waals surface area contributed by atoms with Gasteiger partial charge in [0.15, 0.2) is 5.65 Å². The van der Waals surface area contributed by atoms with E-state index in [9.17, 15) is 4.79 Å². The summed E-state index contributed by atoms with van der Waals surface area (Å²) in [5.74, 6) is -0.0536. The predicted octanol–water partition coefficient (Wildman–Crippen LogP) is 4.90. The Morgan fingerprint density at radius 2 is 1.78 bits per heavy atom. The highest BCUT2D eigenvalue weighted by molar-refractivity contribution is 6.06. The van der Waals surface area contributed by atoms with Crippen molar-refractivity contribution in [2.75, 3.05) is 27.2 Å². The highest BCUT2D eigenvalue weighted by Gasteiger charge is 2.24. The Morgan fingerprint density at radius 1 is 1.03 bits per heavy atom. The first-order valence-electron chi connectivity index (χ1n) is 12.5. The molecule has 0 bridgehead atoms. The maximum atomic E-state index is 13.9. The molecule has 2 N–H and O–H groups in total. The van der Waals surface area contributed by atoms with E-state index < -0.39 is 0 Å². The van der Waals surface area contributed by atoms with Gasteiger partial charge in [-0.25, -0.2) is 9.67 Å². The second-order valence-corrected chi connectivity index (χ2v) is 9.70. The van der Waals surface area contributed by atoms with E-state index in [2.05, 4.69) is 43.0 Å². The third-order valence-corrected chi connectivity index (χ3v) is 6.66. The van der Waals surface area contributed by atoms with Crippen LogP contribution in [0.4, 0.5) is 0 Å². The summed E-state index contributed by atoms with van der Waals surface area (Å²) < 4.78 is 1.88. The van der Waals surface area contributed by atoms with Crippen LogP contribution in [0.5, 0.6) is 0 Å². The molecule has 7 nitrogen and oxygen atoms in total. The van der Waals surface area contributed by atoms with Crippen molar-refractivity contribution in [3.8, 4) is 11.3 Å². The lowest BCUT2D eigenvalue weighted by atomic mass is 10.0. The molecule has 0 saturated carbocycles. The van der Waals surface area contributed by atoms with Crippen molar-refractivity contribution in [2.24, 2.45) is 5.73 Å². The number of hydrogen-bond donors (Lipinski definition) is 1. The van der Waals surface area contributed by atoms with Gasteiger partial charge in [0.05, 0.1) is 28.9 Å². The SMILES string of the molecule is CC(C)n1ncc2c(C(=O)N(C)[C@@H](C)c3ccccc3)cc(-c3cccc(CN(C)CCN)c3)nc21. The normalized spacial score (nSPS) is 12.4. The van der Waals surface area contributed by atoms with Crippen molar-refractivity contribution < 1.29 is 4.79 Å². The van der Waals surface area contributed by atoms with Gasteiger partial charge in [-0.15, -0.1) is 0 Å². The van der Waals surface area contributed by atoms with Crippen LogP contribution in [0.3, 0.4) is 0 Å². The van der Waals surface area contributed by atoms with E-state index in [0.29, 0.717) is 12.1 Å². The number of pyridine rings is 1. The molecule has 188 valence electrons. The molecule has 0 radical (unpaired) electrons. The number of amides is 1. The monoisotopic (exact) mass is 484 g/mol. The number of rotatable bonds is 9. The molecule has 36 heavy (non-hydrogen) atoms. The number of carbonyl (C=O) groups excluding carboxylic acids is 1. The first-order valence-corrected chi connectivity index (χ1v) is 12.5. The fourth-order valence-corrected chi connectivity index (χ4v) is 4.48. The molecule has 0 saturated heterocycles. The summed E-state index contributed by atoms with van der Waals surface area (Å²) in [7, 11) is 3.91. The fourth-order valence-electron chi connectivity index (χ4n) is 4.48. The Morgan fingerprint density at radius 3 is 2.47 bits per heavy atom. The Hall–Kier alpha value is -3.55. The summed E-state index contributed by atoms with van der Waals surface area (Å²) in [5.41, 5.74) is 11.0. The van der Waals surface area contributed by atoms with Crippen molar-refractivity contribution in [2.45, 2.75) is 39.4 Å². The van der Waals surface area contributed by atoms with Gasteiger partial charge in [0.25, 0.3) is 5.91 Å². The summed E-state index contributed by atoms with van der Waals surface area (Å²) in [6.45, 7) is 8.42. The molecule has 7 heteroatoms. The Labute approximate surface area is 213 Å². The summed E-state index contributed by atoms with van der Waals surface area (Å²) in [5, 5.41) is 5.34. The van der Waals surface area contributed by atoms with Gasteiger partial charge in [0.1, 0.15) is 0 Å². The number of hydrogen-bond acceptors (Lipinski definition) is 5. The van der Waals surface area contributed by atoms with E-state index in [4.69, 9.17) is 10.7 Å². The van der Waals surface area contributed by atoms with Crippen LogP contribution in [0.15, 0.2) is 66.9 Å². The Balaban J connectivity index is 1.78. The second kappa shape index (κ2) is 11.0. The molecule has 0 aliphatic carbocycles. The Kier molecular flexibility index (Phi) is 7.82. The summed E-state index contributed by atoms with van der Waals surface area (Å²) in [6, 6.07) is 20.4. The fraction of sp³-hybridized carbons (Fsp3) is 0.345. The maximum absolute atomic E-state index is 13.9. The van der Waals surface area contributed by atoms with Gasteiger partial charge in [-0.05, 0) is 51.1 Å². The largest absolute Gasteiger partial charge is 0.335 e. The number of likely N-dealkylation sites (N-methyl/N-ethyl adjacent to an activating group) is 1. The molecular weight excluding hydrogens is 448 g/mol. The number of benzene rings is 2. The van der Waals surface area contributed by atoms with Crippen LogP contribution in [0, 0.1) is 0 Å². The molecule has 0 spiro atoms. The van der Waals surface area contributed by atoms with Gasteiger partial charge >= 0.3 is 0 Å². The zero-order valence-corrected chi connectivity index (χ0v) is 21.8. The van der Waals surface area contributed by atoms with Crippen LogP contribution in [-0.4, -0.2) is 57.7 Å². The molecule has 4 aromatic rings. The minimum atomic E-state index is -0.0769. The number of nitrogens with zero attached hydrogens (tertiary/aromatic N) is 5. The van der Waals surface area contributed by atoms with Gasteiger partial charge < -0.3 is 15.5 Å². The highest BCUT2D eigenvalue weighted by Crippen LogP contribution is 2.29. The van der Waals surface area contributed by atoms with E-state index in [1.165, 1.54) is 5.56 Å². The van der Waals surface area contributed by atoms with Crippen molar-refractivity contribution >= 4 is 16.9 Å². The average Bonchev–Trinajstić information content (AvgIpc) is 3.32. The van der Waals surface area contributed by atoms with Gasteiger partial charge in [-0.2, -0.15) is 5.10 Å². The minimum Gasteiger partial charge on any atom is -0.335 e. The lowest BCUT2D eigenvalue weighted by Gasteiger charge is -2.26. The molecule has 2 aromatic carbocycles. The molecular formula is C29H36N6O. The topological polar surface area (TPSA) is 80.3 Å². The Bertz CT molecular complexity index is 1330. The van der Waals surface area contributed by atoms with Crippen molar-refractivity contribution in [3.63, 3.8) is 0 Å². The molecule has 0 aliphatic heterocycles. The van der Waals surface area contributed by atoms with E-state index in [0.717, 1.165) is 40.9 Å². The van der Waals surface area contributed by atoms with Crippen LogP contribution in [0.2, 0.25) is 0 Å². The lowest BCUT2D eigenvalue weighted by molar-refractivity contribution is 0.0744. The van der Waals surface area contributed by atoms with E-state index in [1.54, 1.807) is 11.1 Å². The van der Waals surface area contributed by atoms with Crippen LogP contribution >= 0.6 is 0 Å². The van der Waals surface area contributed by atoms with E-state index in [-0.39, 0.29) is 18.0 Å². The van der Waals surface area contributed by atoms with Gasteiger partial charge in [0.2, 0.25) is 0 Å². The van der Waals surface area contributed by atoms with Gasteiger partial charge in [0, 0.05) is 38.3 Å². The average molecular weight is 485 g/mol. The molecule has 0 aliphatic rings. The van der Waals surface area contributed by atoms with E-state index in [1.807, 2.05) is 67.2 Å². The third kappa shape index (κ3) is 5.32. The molecule has 0 unspecified atom stereocenters. The van der Waals surface area contributed by atoms with Crippen LogP contribution in [-0.2, 0) is 6.54 Å². The smallest absolute Gasteiger partial charge is 0.254 e. The number of aromatic nitrogens is 3. The molecule has 2 heterocycles. The number of fused-ring (bicyclic) bond motifs is 1. The maximum Gasteiger partial charge on any atom is 0.254 e. The van der Waals surface area contributed by atoms with Crippen LogP contribution < -0.4 is 5.73 Å². The minimum absolute atomic E-state index is 0.0536. The molecule has 0 fully saturated rings. The molecule has 1 atom stereocenters. The van der Waals surface area contributed by atoms with Crippen LogP contribution in [0.25, 0.3) is 22.3 Å². The van der Waals surface area contributed by atoms with Gasteiger partial charge in [-0.3, -0.25) is 4.79 Å². The number of nitrogens with two attached hydrogens (primary N) is 1. The molecule has 2 aromatic heterocycles. The van der Waals surface area contributed by atoms with Crippen molar-refractivity contribution in [1.82, 2.24) is 24.6 Å². The summed E-state index contributed by atoms with van der Waals surface area (Å²) in [4.78, 5) is 22.8. The quantitative estimate of drug-likeness (QED) is 0.365. The summed E-state index contributed by atoms with van der Waals surface area (Å²) in [6.07, 6.45) is 1.76. The lowest BCUT2D eigenvalue weighted by Crippen LogP contribution is -2.30. The molecule has 1 amide bonds. The summed E-state index contributed by atoms with van der Waals surface area (Å²) >= 11 is 0. The van der Waals surface area contributed by atoms with Gasteiger partial charge in [-0.1, -0.05) is 48.5 Å². The standard InChI is InChI=1S/C29H36N6O/c1-20(2)35-28-26(18-31-35)25(29(36)34(5)21(3)23-11-7-6-8-12-23)17-27(32-28)24-13-9-10-22(16-24)19-33(4)15-14-30/h6-13,16-18,20-21H,14-15,19,30H2,1-5H3/t21-/m0/s1. The van der Waals surface area contributed by atoms with E-state index >= 15 is 0 Å². The zero-order valence-electron chi connectivity index (χ0n) is 21.8. The second-order valence-electron chi connectivity index (χ2n) is 9.70. The predicted molar refractivity (Wildman–Crippen MR) is 146 cm³/mol. The third-order valence-electron chi connectivity index (χ3n) is 6.66. The van der Waals surface area contributed by atoms with Crippen molar-refractivity contribution in [3.05, 3.63) is 83.6 Å². The highest BCUT2D eigenvalue weighted by atomic mass is 16.2. The zero-order chi connectivity index (χ0) is 25.8. The molecule has 4 rings (SSSR count). The first-order chi connectivity index (χ1) is 17.3. The van der Waals surface area contributed by atoms with Crippen LogP contribution in [0.1, 0.15) is 54.3 Å². The number of carbonyl (C=O) groups is 1. The van der Waals surface area contributed by atoms with Crippen molar-refractivity contribution in [1.29, 1.82) is 0 Å². The first kappa shape index (κ1) is 25.5.